The van der Waals surface area contributed by atoms with Crippen LogP contribution in [0.3, 0.4) is 0 Å². The molecule has 3 nitrogen and oxygen atoms in total. The summed E-state index contributed by atoms with van der Waals surface area (Å²) in [4.78, 5) is 13.2. The van der Waals surface area contributed by atoms with Gasteiger partial charge in [-0.3, -0.25) is 4.79 Å². The normalized spacial score (nSPS) is 15.7. The molecular formula is C14H10F2O3S. The third-order valence-electron chi connectivity index (χ3n) is 2.90. The molecule has 0 aliphatic carbocycles. The van der Waals surface area contributed by atoms with E-state index < -0.39 is 23.7 Å². The van der Waals surface area contributed by atoms with E-state index in [1.807, 2.05) is 0 Å². The lowest BCUT2D eigenvalue weighted by Gasteiger charge is -2.05. The van der Waals surface area contributed by atoms with Crippen LogP contribution >= 0.6 is 11.3 Å². The molecule has 20 heavy (non-hydrogen) atoms. The molecule has 0 bridgehead atoms. The highest BCUT2D eigenvalue weighted by Gasteiger charge is 2.23. The Hall–Kier alpha value is -1.63. The van der Waals surface area contributed by atoms with Crippen molar-refractivity contribution in [3.63, 3.8) is 0 Å². The van der Waals surface area contributed by atoms with Crippen molar-refractivity contribution in [3.05, 3.63) is 57.3 Å². The summed E-state index contributed by atoms with van der Waals surface area (Å²) in [5.41, 5.74) is -0.272. The maximum atomic E-state index is 13.6. The Bertz CT molecular complexity index is 648. The van der Waals surface area contributed by atoms with Crippen molar-refractivity contribution < 1.29 is 23.0 Å². The van der Waals surface area contributed by atoms with Crippen LogP contribution in [0, 0.1) is 11.6 Å². The topological polar surface area (TPSA) is 35.5 Å². The molecule has 6 heteroatoms. The summed E-state index contributed by atoms with van der Waals surface area (Å²) in [5.74, 6) is -2.70. The van der Waals surface area contributed by atoms with E-state index in [1.165, 1.54) is 12.1 Å². The fraction of sp³-hybridized carbons (Fsp3) is 0.214. The van der Waals surface area contributed by atoms with Crippen LogP contribution in [0.4, 0.5) is 8.78 Å². The van der Waals surface area contributed by atoms with Crippen molar-refractivity contribution in [1.29, 1.82) is 0 Å². The van der Waals surface area contributed by atoms with Gasteiger partial charge >= 0.3 is 0 Å². The molecule has 1 aromatic carbocycles. The lowest BCUT2D eigenvalue weighted by molar-refractivity contribution is -0.0413. The van der Waals surface area contributed by atoms with Gasteiger partial charge in [-0.05, 0) is 24.3 Å². The van der Waals surface area contributed by atoms with Crippen LogP contribution in [0.1, 0.15) is 26.4 Å². The van der Waals surface area contributed by atoms with E-state index in [2.05, 4.69) is 0 Å². The first kappa shape index (κ1) is 13.4. The Balaban J connectivity index is 1.89. The molecule has 0 unspecified atom stereocenters. The van der Waals surface area contributed by atoms with E-state index in [0.29, 0.717) is 18.1 Å². The summed E-state index contributed by atoms with van der Waals surface area (Å²) in [6, 6.07) is 6.82. The zero-order valence-electron chi connectivity index (χ0n) is 10.3. The smallest absolute Gasteiger partial charge is 0.206 e. The third kappa shape index (κ3) is 2.37. The minimum atomic E-state index is -1.12. The summed E-state index contributed by atoms with van der Waals surface area (Å²) < 4.78 is 37.4. The van der Waals surface area contributed by atoms with E-state index in [-0.39, 0.29) is 5.56 Å². The van der Waals surface area contributed by atoms with Gasteiger partial charge in [-0.2, -0.15) is 0 Å². The Morgan fingerprint density at radius 3 is 2.65 bits per heavy atom. The Morgan fingerprint density at radius 1 is 1.15 bits per heavy atom. The van der Waals surface area contributed by atoms with Crippen LogP contribution < -0.4 is 0 Å². The van der Waals surface area contributed by atoms with Gasteiger partial charge in [0, 0.05) is 0 Å². The van der Waals surface area contributed by atoms with Crippen LogP contribution in [0.15, 0.2) is 30.3 Å². The van der Waals surface area contributed by atoms with Gasteiger partial charge in [0.05, 0.1) is 28.5 Å². The third-order valence-corrected chi connectivity index (χ3v) is 4.01. The lowest BCUT2D eigenvalue weighted by atomic mass is 10.1. The van der Waals surface area contributed by atoms with Gasteiger partial charge in [-0.1, -0.05) is 6.07 Å². The Labute approximate surface area is 117 Å². The molecule has 1 aliphatic rings. The molecule has 0 atom stereocenters. The monoisotopic (exact) mass is 296 g/mol. The van der Waals surface area contributed by atoms with Gasteiger partial charge in [-0.25, -0.2) is 8.78 Å². The summed E-state index contributed by atoms with van der Waals surface area (Å²) >= 11 is 1.16. The summed E-state index contributed by atoms with van der Waals surface area (Å²) in [7, 11) is 0. The predicted octanol–water partition coefficient (Wildman–Crippen LogP) is 3.30. The van der Waals surface area contributed by atoms with E-state index in [1.54, 1.807) is 12.1 Å². The average molecular weight is 296 g/mol. The summed E-state index contributed by atoms with van der Waals surface area (Å²) in [6.07, 6.45) is -0.473. The zero-order valence-corrected chi connectivity index (χ0v) is 11.1. The molecule has 2 aromatic rings. The number of halogens is 2. The van der Waals surface area contributed by atoms with Gasteiger partial charge in [0.1, 0.15) is 0 Å². The van der Waals surface area contributed by atoms with Crippen LogP contribution in [-0.2, 0) is 9.47 Å². The van der Waals surface area contributed by atoms with Crippen LogP contribution in [0.25, 0.3) is 0 Å². The number of ether oxygens (including phenoxy) is 2. The number of carbonyl (C=O) groups is 1. The SMILES string of the molecule is O=C(c1ccc(C2OCCO2)s1)c1cccc(F)c1F. The van der Waals surface area contributed by atoms with Crippen molar-refractivity contribution >= 4 is 17.1 Å². The first-order valence-electron chi connectivity index (χ1n) is 5.98. The lowest BCUT2D eigenvalue weighted by Crippen LogP contribution is -2.03. The van der Waals surface area contributed by atoms with Crippen molar-refractivity contribution in [2.75, 3.05) is 13.2 Å². The number of thiophene rings is 1. The molecular weight excluding hydrogens is 286 g/mol. The first-order chi connectivity index (χ1) is 9.66. The number of hydrogen-bond donors (Lipinski definition) is 0. The Morgan fingerprint density at radius 2 is 1.90 bits per heavy atom. The standard InChI is InChI=1S/C14H10F2O3S/c15-9-3-1-2-8(12(9)16)13(17)10-4-5-11(20-10)14-18-6-7-19-14/h1-5,14H,6-7H2. The molecule has 1 fully saturated rings. The zero-order chi connectivity index (χ0) is 14.1. The molecule has 1 aliphatic heterocycles. The quantitative estimate of drug-likeness (QED) is 0.815. The van der Waals surface area contributed by atoms with E-state index in [0.717, 1.165) is 22.3 Å². The highest BCUT2D eigenvalue weighted by atomic mass is 32.1. The molecule has 0 saturated carbocycles. The van der Waals surface area contributed by atoms with Gasteiger partial charge < -0.3 is 9.47 Å². The van der Waals surface area contributed by atoms with Gasteiger partial charge in [-0.15, -0.1) is 11.3 Å². The highest BCUT2D eigenvalue weighted by molar-refractivity contribution is 7.14. The molecule has 1 aromatic heterocycles. The minimum absolute atomic E-state index is 0.272. The molecule has 0 amide bonds. The first-order valence-corrected chi connectivity index (χ1v) is 6.80. The fourth-order valence-electron chi connectivity index (χ4n) is 1.94. The molecule has 0 radical (unpaired) electrons. The number of rotatable bonds is 3. The fourth-order valence-corrected chi connectivity index (χ4v) is 2.90. The van der Waals surface area contributed by atoms with E-state index in [9.17, 15) is 13.6 Å². The van der Waals surface area contributed by atoms with Gasteiger partial charge in [0.25, 0.3) is 0 Å². The molecule has 0 spiro atoms. The van der Waals surface area contributed by atoms with Crippen molar-refractivity contribution in [3.8, 4) is 0 Å². The molecule has 0 N–H and O–H groups in total. The number of benzene rings is 1. The average Bonchev–Trinajstić information content (AvgIpc) is 3.11. The van der Waals surface area contributed by atoms with Crippen LogP contribution in [-0.4, -0.2) is 19.0 Å². The second-order valence-corrected chi connectivity index (χ2v) is 5.32. The van der Waals surface area contributed by atoms with Gasteiger partial charge in [0.2, 0.25) is 5.78 Å². The van der Waals surface area contributed by atoms with Gasteiger partial charge in [0.15, 0.2) is 17.9 Å². The van der Waals surface area contributed by atoms with E-state index >= 15 is 0 Å². The highest BCUT2D eigenvalue weighted by Crippen LogP contribution is 2.31. The predicted molar refractivity (Wildman–Crippen MR) is 68.8 cm³/mol. The second-order valence-electron chi connectivity index (χ2n) is 4.21. The van der Waals surface area contributed by atoms with Crippen LogP contribution in [0.5, 0.6) is 0 Å². The maximum absolute atomic E-state index is 13.6. The molecule has 104 valence electrons. The van der Waals surface area contributed by atoms with E-state index in [4.69, 9.17) is 9.47 Å². The maximum Gasteiger partial charge on any atom is 0.206 e. The molecule has 1 saturated heterocycles. The van der Waals surface area contributed by atoms with Crippen molar-refractivity contribution in [1.82, 2.24) is 0 Å². The van der Waals surface area contributed by atoms with Crippen molar-refractivity contribution in [2.45, 2.75) is 6.29 Å². The molecule has 3 rings (SSSR count). The summed E-state index contributed by atoms with van der Waals surface area (Å²) in [5, 5.41) is 0. The minimum Gasteiger partial charge on any atom is -0.345 e. The van der Waals surface area contributed by atoms with Crippen LogP contribution in [0.2, 0.25) is 0 Å². The number of carbonyl (C=O) groups excluding carboxylic acids is 1. The van der Waals surface area contributed by atoms with Crippen molar-refractivity contribution in [2.24, 2.45) is 0 Å². The number of hydrogen-bond acceptors (Lipinski definition) is 4. The second kappa shape index (κ2) is 5.40. The largest absolute Gasteiger partial charge is 0.345 e. The Kier molecular flexibility index (Phi) is 3.60. The number of ketones is 1. The molecule has 2 heterocycles. The summed E-state index contributed by atoms with van der Waals surface area (Å²) in [6.45, 7) is 1.01.